The Kier molecular flexibility index (Phi) is 6.06. The number of carbonyl (C=O) groups excluding carboxylic acids is 2. The number of aromatic nitrogens is 1. The molecule has 0 bridgehead atoms. The molecule has 27 heavy (non-hydrogen) atoms. The highest BCUT2D eigenvalue weighted by Gasteiger charge is 2.14. The molecule has 0 radical (unpaired) electrons. The number of amides is 2. The fraction of sp³-hybridized carbons (Fsp3) is 0.0500. The summed E-state index contributed by atoms with van der Waals surface area (Å²) in [5, 5.41) is 0.555. The van der Waals surface area contributed by atoms with E-state index in [9.17, 15) is 9.59 Å². The molecule has 7 heteroatoms. The lowest BCUT2D eigenvalue weighted by Gasteiger charge is -2.10. The number of carbonyl (C=O) groups is 2. The molecule has 0 saturated heterocycles. The van der Waals surface area contributed by atoms with E-state index in [-0.39, 0.29) is 0 Å². The molecular weight excluding hydrogens is 362 g/mol. The molecule has 0 aliphatic carbocycles. The van der Waals surface area contributed by atoms with Gasteiger partial charge in [0.15, 0.2) is 0 Å². The second-order valence-electron chi connectivity index (χ2n) is 5.41. The van der Waals surface area contributed by atoms with E-state index in [4.69, 9.17) is 4.74 Å². The average molecular weight is 379 g/mol. The van der Waals surface area contributed by atoms with Crippen molar-refractivity contribution in [2.24, 2.45) is 0 Å². The number of nitrogens with one attached hydrogen (secondary N) is 2. The van der Waals surface area contributed by atoms with Crippen molar-refractivity contribution in [3.8, 4) is 5.75 Å². The Morgan fingerprint density at radius 1 is 0.889 bits per heavy atom. The molecule has 1 aromatic heterocycles. The first-order chi connectivity index (χ1) is 13.2. The Hall–Kier alpha value is -3.32. The van der Waals surface area contributed by atoms with Crippen LogP contribution in [0, 0.1) is 0 Å². The molecule has 0 atom stereocenters. The fourth-order valence-corrected chi connectivity index (χ4v) is 3.14. The van der Waals surface area contributed by atoms with Crippen molar-refractivity contribution in [2.45, 2.75) is 9.92 Å². The molecule has 3 aromatic rings. The van der Waals surface area contributed by atoms with Gasteiger partial charge in [-0.25, -0.2) is 4.98 Å². The molecule has 0 fully saturated rings. The standard InChI is InChI=1S/C20H17N3O3S/c1-26-15-11-9-14(10-12-15)18(24)22-23-19(25)17-8-5-13-21-20(17)27-16-6-3-2-4-7-16/h2-13H,1H3,(H,22,24)(H,23,25). The number of benzene rings is 2. The summed E-state index contributed by atoms with van der Waals surface area (Å²) in [6.45, 7) is 0. The first-order valence-electron chi connectivity index (χ1n) is 8.10. The third-order valence-corrected chi connectivity index (χ3v) is 4.64. The average Bonchev–Trinajstić information content (AvgIpc) is 2.73. The third-order valence-electron chi connectivity index (χ3n) is 3.62. The van der Waals surface area contributed by atoms with Crippen LogP contribution in [0.2, 0.25) is 0 Å². The van der Waals surface area contributed by atoms with Crippen LogP contribution in [0.15, 0.2) is 82.8 Å². The van der Waals surface area contributed by atoms with Crippen LogP contribution in [0.1, 0.15) is 20.7 Å². The Morgan fingerprint density at radius 2 is 1.59 bits per heavy atom. The summed E-state index contributed by atoms with van der Waals surface area (Å²) in [6.07, 6.45) is 1.62. The van der Waals surface area contributed by atoms with Gasteiger partial charge in [-0.1, -0.05) is 30.0 Å². The lowest BCUT2D eigenvalue weighted by Crippen LogP contribution is -2.41. The molecule has 136 valence electrons. The number of hydrogen-bond acceptors (Lipinski definition) is 5. The van der Waals surface area contributed by atoms with Gasteiger partial charge in [0.25, 0.3) is 11.8 Å². The summed E-state index contributed by atoms with van der Waals surface area (Å²) >= 11 is 1.38. The summed E-state index contributed by atoms with van der Waals surface area (Å²) in [5.41, 5.74) is 5.62. The van der Waals surface area contributed by atoms with E-state index in [1.54, 1.807) is 49.7 Å². The summed E-state index contributed by atoms with van der Waals surface area (Å²) in [7, 11) is 1.55. The highest BCUT2D eigenvalue weighted by molar-refractivity contribution is 7.99. The van der Waals surface area contributed by atoms with Crippen LogP contribution in [-0.2, 0) is 0 Å². The zero-order valence-corrected chi connectivity index (χ0v) is 15.3. The summed E-state index contributed by atoms with van der Waals surface area (Å²) in [4.78, 5) is 29.9. The highest BCUT2D eigenvalue weighted by Crippen LogP contribution is 2.28. The van der Waals surface area contributed by atoms with Crippen LogP contribution in [0.4, 0.5) is 0 Å². The predicted molar refractivity (Wildman–Crippen MR) is 103 cm³/mol. The molecule has 0 aliphatic heterocycles. The number of hydrogen-bond donors (Lipinski definition) is 2. The highest BCUT2D eigenvalue weighted by atomic mass is 32.2. The third kappa shape index (κ3) is 4.86. The molecule has 0 spiro atoms. The molecule has 6 nitrogen and oxygen atoms in total. The van der Waals surface area contributed by atoms with Gasteiger partial charge in [-0.3, -0.25) is 20.4 Å². The number of methoxy groups -OCH3 is 1. The van der Waals surface area contributed by atoms with Crippen molar-refractivity contribution < 1.29 is 14.3 Å². The first-order valence-corrected chi connectivity index (χ1v) is 8.91. The minimum absolute atomic E-state index is 0.376. The topological polar surface area (TPSA) is 80.3 Å². The smallest absolute Gasteiger partial charge is 0.272 e. The summed E-state index contributed by atoms with van der Waals surface area (Å²) in [6, 6.07) is 19.5. The van der Waals surface area contributed by atoms with Crippen LogP contribution in [0.25, 0.3) is 0 Å². The van der Waals surface area contributed by atoms with Gasteiger partial charge in [0.05, 0.1) is 12.7 Å². The van der Waals surface area contributed by atoms with Gasteiger partial charge < -0.3 is 4.74 Å². The minimum atomic E-state index is -0.441. The maximum atomic E-state index is 12.5. The molecule has 0 unspecified atom stereocenters. The van der Waals surface area contributed by atoms with Crippen LogP contribution < -0.4 is 15.6 Å². The van der Waals surface area contributed by atoms with E-state index in [0.29, 0.717) is 21.9 Å². The number of pyridine rings is 1. The number of hydrazine groups is 1. The zero-order valence-electron chi connectivity index (χ0n) is 14.5. The Bertz CT molecular complexity index is 931. The largest absolute Gasteiger partial charge is 0.497 e. The second-order valence-corrected chi connectivity index (χ2v) is 6.47. The molecule has 1 heterocycles. The molecule has 0 saturated carbocycles. The van der Waals surface area contributed by atoms with Crippen LogP contribution >= 0.6 is 11.8 Å². The fourth-order valence-electron chi connectivity index (χ4n) is 2.24. The van der Waals surface area contributed by atoms with Crippen molar-refractivity contribution in [3.05, 3.63) is 84.1 Å². The van der Waals surface area contributed by atoms with E-state index in [2.05, 4.69) is 15.8 Å². The molecule has 2 N–H and O–H groups in total. The lowest BCUT2D eigenvalue weighted by molar-refractivity contribution is 0.0844. The van der Waals surface area contributed by atoms with E-state index >= 15 is 0 Å². The van der Waals surface area contributed by atoms with Gasteiger partial charge in [-0.2, -0.15) is 0 Å². The van der Waals surface area contributed by atoms with Crippen molar-refractivity contribution in [3.63, 3.8) is 0 Å². The number of nitrogens with zero attached hydrogens (tertiary/aromatic N) is 1. The minimum Gasteiger partial charge on any atom is -0.497 e. The predicted octanol–water partition coefficient (Wildman–Crippen LogP) is 3.32. The van der Waals surface area contributed by atoms with Crippen molar-refractivity contribution >= 4 is 23.6 Å². The number of ether oxygens (including phenoxy) is 1. The lowest BCUT2D eigenvalue weighted by atomic mass is 10.2. The van der Waals surface area contributed by atoms with Gasteiger partial charge in [0.2, 0.25) is 0 Å². The van der Waals surface area contributed by atoms with E-state index in [0.717, 1.165) is 4.90 Å². The second kappa shape index (κ2) is 8.86. The first kappa shape index (κ1) is 18.5. The van der Waals surface area contributed by atoms with E-state index < -0.39 is 11.8 Å². The van der Waals surface area contributed by atoms with E-state index in [1.807, 2.05) is 30.3 Å². The van der Waals surface area contributed by atoms with Gasteiger partial charge in [-0.15, -0.1) is 0 Å². The molecular formula is C20H17N3O3S. The van der Waals surface area contributed by atoms with Crippen molar-refractivity contribution in [1.29, 1.82) is 0 Å². The maximum Gasteiger partial charge on any atom is 0.272 e. The number of rotatable bonds is 5. The zero-order chi connectivity index (χ0) is 19.1. The Labute approximate surface area is 160 Å². The molecule has 2 amide bonds. The van der Waals surface area contributed by atoms with Crippen LogP contribution in [-0.4, -0.2) is 23.9 Å². The molecule has 0 aliphatic rings. The van der Waals surface area contributed by atoms with Crippen LogP contribution in [0.5, 0.6) is 5.75 Å². The molecule has 2 aromatic carbocycles. The Balaban J connectivity index is 1.66. The monoisotopic (exact) mass is 379 g/mol. The maximum absolute atomic E-state index is 12.5. The SMILES string of the molecule is COc1ccc(C(=O)NNC(=O)c2cccnc2Sc2ccccc2)cc1. The normalized spacial score (nSPS) is 10.1. The van der Waals surface area contributed by atoms with Gasteiger partial charge in [0.1, 0.15) is 10.8 Å². The van der Waals surface area contributed by atoms with Gasteiger partial charge in [0, 0.05) is 16.7 Å². The quantitative estimate of drug-likeness (QED) is 0.665. The van der Waals surface area contributed by atoms with Crippen LogP contribution in [0.3, 0.4) is 0 Å². The van der Waals surface area contributed by atoms with Crippen molar-refractivity contribution in [2.75, 3.05) is 7.11 Å². The van der Waals surface area contributed by atoms with Crippen molar-refractivity contribution in [1.82, 2.24) is 15.8 Å². The summed E-state index contributed by atoms with van der Waals surface area (Å²) in [5.74, 6) is -0.218. The van der Waals surface area contributed by atoms with Gasteiger partial charge in [-0.05, 0) is 48.5 Å². The molecule has 3 rings (SSSR count). The van der Waals surface area contributed by atoms with E-state index in [1.165, 1.54) is 11.8 Å². The Morgan fingerprint density at radius 3 is 2.30 bits per heavy atom. The summed E-state index contributed by atoms with van der Waals surface area (Å²) < 4.78 is 5.06. The van der Waals surface area contributed by atoms with Gasteiger partial charge >= 0.3 is 0 Å².